The van der Waals surface area contributed by atoms with Crippen LogP contribution in [0.25, 0.3) is 0 Å². The number of anilines is 1. The first kappa shape index (κ1) is 14.3. The van der Waals surface area contributed by atoms with Gasteiger partial charge in [-0.3, -0.25) is 10.1 Å². The van der Waals surface area contributed by atoms with Gasteiger partial charge >= 0.3 is 0 Å². The highest BCUT2D eigenvalue weighted by atomic mass is 35.5. The van der Waals surface area contributed by atoms with Gasteiger partial charge in [-0.15, -0.1) is 0 Å². The fourth-order valence-electron chi connectivity index (χ4n) is 2.18. The lowest BCUT2D eigenvalue weighted by atomic mass is 10.1. The Morgan fingerprint density at radius 2 is 1.80 bits per heavy atom. The van der Waals surface area contributed by atoms with Crippen LogP contribution in [0.1, 0.15) is 16.7 Å². The summed E-state index contributed by atoms with van der Waals surface area (Å²) in [5.41, 5.74) is 3.88. The Labute approximate surface area is 122 Å². The van der Waals surface area contributed by atoms with Crippen molar-refractivity contribution < 1.29 is 4.92 Å². The second-order valence-corrected chi connectivity index (χ2v) is 5.20. The summed E-state index contributed by atoms with van der Waals surface area (Å²) in [5, 5.41) is 14.5. The smallest absolute Gasteiger partial charge is 0.292 e. The first-order valence-electron chi connectivity index (χ1n) is 6.20. The Kier molecular flexibility index (Phi) is 4.25. The van der Waals surface area contributed by atoms with Crippen molar-refractivity contribution in [3.63, 3.8) is 0 Å². The van der Waals surface area contributed by atoms with Crippen LogP contribution in [0.3, 0.4) is 0 Å². The number of nitrogens with zero attached hydrogens (tertiary/aromatic N) is 1. The number of rotatable bonds is 4. The van der Waals surface area contributed by atoms with E-state index in [9.17, 15) is 10.1 Å². The molecule has 2 aromatic rings. The van der Waals surface area contributed by atoms with Gasteiger partial charge in [-0.1, -0.05) is 40.9 Å². The molecule has 4 nitrogen and oxygen atoms in total. The van der Waals surface area contributed by atoms with Crippen LogP contribution in [0.5, 0.6) is 0 Å². The van der Waals surface area contributed by atoms with E-state index in [-0.39, 0.29) is 5.69 Å². The Bertz CT molecular complexity index is 636. The first-order chi connectivity index (χ1) is 9.45. The summed E-state index contributed by atoms with van der Waals surface area (Å²) >= 11 is 5.89. The third-order valence-corrected chi connectivity index (χ3v) is 3.15. The molecule has 0 amide bonds. The maximum Gasteiger partial charge on any atom is 0.292 e. The van der Waals surface area contributed by atoms with E-state index in [0.29, 0.717) is 17.3 Å². The van der Waals surface area contributed by atoms with Crippen LogP contribution in [0, 0.1) is 24.0 Å². The fraction of sp³-hybridized carbons (Fsp3) is 0.200. The van der Waals surface area contributed by atoms with Gasteiger partial charge in [0.2, 0.25) is 0 Å². The van der Waals surface area contributed by atoms with E-state index in [0.717, 1.165) is 5.56 Å². The molecule has 0 saturated carbocycles. The highest BCUT2D eigenvalue weighted by Gasteiger charge is 2.13. The van der Waals surface area contributed by atoms with Crippen LogP contribution in [0.4, 0.5) is 11.4 Å². The average molecular weight is 291 g/mol. The molecule has 0 saturated heterocycles. The van der Waals surface area contributed by atoms with Crippen LogP contribution < -0.4 is 5.32 Å². The van der Waals surface area contributed by atoms with E-state index in [1.54, 1.807) is 6.07 Å². The molecule has 2 rings (SSSR count). The topological polar surface area (TPSA) is 55.2 Å². The summed E-state index contributed by atoms with van der Waals surface area (Å²) in [6, 6.07) is 10.7. The monoisotopic (exact) mass is 290 g/mol. The largest absolute Gasteiger partial charge is 0.375 e. The van der Waals surface area contributed by atoms with Crippen LogP contribution in [-0.4, -0.2) is 4.92 Å². The standard InChI is InChI=1S/C15H15ClN2O2/c1-10-5-11(2)7-12(6-10)9-17-14-8-13(16)3-4-15(14)18(19)20/h3-8,17H,9H2,1-2H3. The number of nitrogens with one attached hydrogen (secondary N) is 1. The first-order valence-corrected chi connectivity index (χ1v) is 6.58. The number of halogens is 1. The van der Waals surface area contributed by atoms with Crippen molar-refractivity contribution in [1.29, 1.82) is 0 Å². The molecule has 0 aromatic heterocycles. The number of nitro groups is 1. The molecule has 0 heterocycles. The molecule has 0 aliphatic rings. The van der Waals surface area contributed by atoms with E-state index < -0.39 is 4.92 Å². The second kappa shape index (κ2) is 5.92. The fourth-order valence-corrected chi connectivity index (χ4v) is 2.35. The highest BCUT2D eigenvalue weighted by Crippen LogP contribution is 2.28. The molecule has 20 heavy (non-hydrogen) atoms. The molecule has 0 bridgehead atoms. The highest BCUT2D eigenvalue weighted by molar-refractivity contribution is 6.31. The molecule has 2 aromatic carbocycles. The molecule has 104 valence electrons. The molecule has 1 N–H and O–H groups in total. The SMILES string of the molecule is Cc1cc(C)cc(CNc2cc(Cl)ccc2[N+](=O)[O-])c1. The average Bonchev–Trinajstić information content (AvgIpc) is 2.35. The number of aryl methyl sites for hydroxylation is 2. The third-order valence-electron chi connectivity index (χ3n) is 2.92. The lowest BCUT2D eigenvalue weighted by molar-refractivity contribution is -0.384. The molecule has 0 radical (unpaired) electrons. The Morgan fingerprint density at radius 1 is 1.15 bits per heavy atom. The number of nitro benzene ring substituents is 1. The molecule has 0 spiro atoms. The molecule has 0 aliphatic carbocycles. The molecule has 5 heteroatoms. The zero-order chi connectivity index (χ0) is 14.7. The van der Waals surface area contributed by atoms with Crippen molar-refractivity contribution >= 4 is 23.0 Å². The molecule has 0 fully saturated rings. The quantitative estimate of drug-likeness (QED) is 0.667. The van der Waals surface area contributed by atoms with Crippen molar-refractivity contribution in [2.45, 2.75) is 20.4 Å². The van der Waals surface area contributed by atoms with E-state index in [2.05, 4.69) is 23.5 Å². The van der Waals surface area contributed by atoms with Crippen LogP contribution in [0.15, 0.2) is 36.4 Å². The molecule has 0 unspecified atom stereocenters. The van der Waals surface area contributed by atoms with E-state index in [1.165, 1.54) is 23.3 Å². The normalized spacial score (nSPS) is 10.3. The minimum atomic E-state index is -0.417. The van der Waals surface area contributed by atoms with Crippen molar-refractivity contribution in [2.75, 3.05) is 5.32 Å². The van der Waals surface area contributed by atoms with Gasteiger partial charge in [0, 0.05) is 17.6 Å². The maximum atomic E-state index is 11.0. The van der Waals surface area contributed by atoms with Gasteiger partial charge in [0.15, 0.2) is 0 Å². The molecule has 0 atom stereocenters. The van der Waals surface area contributed by atoms with E-state index in [1.807, 2.05) is 13.8 Å². The number of hydrogen-bond acceptors (Lipinski definition) is 3. The van der Waals surface area contributed by atoms with E-state index in [4.69, 9.17) is 11.6 Å². The van der Waals surface area contributed by atoms with Gasteiger partial charge in [0.25, 0.3) is 5.69 Å². The summed E-state index contributed by atoms with van der Waals surface area (Å²) in [7, 11) is 0. The summed E-state index contributed by atoms with van der Waals surface area (Å²) in [4.78, 5) is 10.6. The lowest BCUT2D eigenvalue weighted by Gasteiger charge is -2.09. The van der Waals surface area contributed by atoms with Gasteiger partial charge in [0.1, 0.15) is 5.69 Å². The summed E-state index contributed by atoms with van der Waals surface area (Å²) in [5.74, 6) is 0. The Balaban J connectivity index is 2.22. The number of benzene rings is 2. The maximum absolute atomic E-state index is 11.0. The summed E-state index contributed by atoms with van der Waals surface area (Å²) < 4.78 is 0. The summed E-state index contributed by atoms with van der Waals surface area (Å²) in [6.45, 7) is 4.57. The van der Waals surface area contributed by atoms with E-state index >= 15 is 0 Å². The van der Waals surface area contributed by atoms with Crippen molar-refractivity contribution in [2.24, 2.45) is 0 Å². The van der Waals surface area contributed by atoms with Gasteiger partial charge in [-0.25, -0.2) is 0 Å². The Hall–Kier alpha value is -2.07. The number of hydrogen-bond donors (Lipinski definition) is 1. The van der Waals surface area contributed by atoms with Crippen molar-refractivity contribution in [1.82, 2.24) is 0 Å². The Morgan fingerprint density at radius 3 is 2.40 bits per heavy atom. The predicted molar refractivity (Wildman–Crippen MR) is 81.3 cm³/mol. The van der Waals surface area contributed by atoms with Gasteiger partial charge < -0.3 is 5.32 Å². The van der Waals surface area contributed by atoms with Crippen molar-refractivity contribution in [3.8, 4) is 0 Å². The minimum Gasteiger partial charge on any atom is -0.375 e. The molecule has 0 aliphatic heterocycles. The second-order valence-electron chi connectivity index (χ2n) is 4.77. The van der Waals surface area contributed by atoms with Gasteiger partial charge in [-0.05, 0) is 31.5 Å². The zero-order valence-electron chi connectivity index (χ0n) is 11.3. The molecular weight excluding hydrogens is 276 g/mol. The third kappa shape index (κ3) is 3.48. The predicted octanol–water partition coefficient (Wildman–Crippen LogP) is 4.48. The zero-order valence-corrected chi connectivity index (χ0v) is 12.1. The van der Waals surface area contributed by atoms with Gasteiger partial charge in [-0.2, -0.15) is 0 Å². The van der Waals surface area contributed by atoms with Crippen LogP contribution in [-0.2, 0) is 6.54 Å². The van der Waals surface area contributed by atoms with Crippen LogP contribution in [0.2, 0.25) is 5.02 Å². The van der Waals surface area contributed by atoms with Gasteiger partial charge in [0.05, 0.1) is 4.92 Å². The lowest BCUT2D eigenvalue weighted by Crippen LogP contribution is -2.03. The molecular formula is C15H15ClN2O2. The van der Waals surface area contributed by atoms with Crippen molar-refractivity contribution in [3.05, 3.63) is 68.2 Å². The minimum absolute atomic E-state index is 0.0266. The summed E-state index contributed by atoms with van der Waals surface area (Å²) in [6.07, 6.45) is 0. The van der Waals surface area contributed by atoms with Crippen LogP contribution >= 0.6 is 11.6 Å².